The summed E-state index contributed by atoms with van der Waals surface area (Å²) in [5.41, 5.74) is 1.09. The smallest absolute Gasteiger partial charge is 0.240 e. The number of hydrogen-bond acceptors (Lipinski definition) is 5. The first kappa shape index (κ1) is 20.8. The minimum Gasteiger partial charge on any atom is -0.379 e. The fraction of sp³-hybridized carbons (Fsp3) is 0.611. The molecule has 2 rings (SSSR count). The van der Waals surface area contributed by atoms with Gasteiger partial charge in [-0.25, -0.2) is 13.1 Å². The largest absolute Gasteiger partial charge is 0.379 e. The van der Waals surface area contributed by atoms with E-state index in [4.69, 9.17) is 4.74 Å². The minimum absolute atomic E-state index is 0.0512. The monoisotopic (exact) mass is 383 g/mol. The van der Waals surface area contributed by atoms with E-state index in [1.54, 1.807) is 17.0 Å². The van der Waals surface area contributed by atoms with Crippen LogP contribution in [0.2, 0.25) is 0 Å². The van der Waals surface area contributed by atoms with Crippen molar-refractivity contribution in [2.24, 2.45) is 0 Å². The molecule has 1 aromatic rings. The number of ether oxygens (including phenoxy) is 1. The van der Waals surface area contributed by atoms with Gasteiger partial charge in [0.15, 0.2) is 0 Å². The molecule has 0 unspecified atom stereocenters. The molecule has 146 valence electrons. The Kier molecular flexibility index (Phi) is 8.02. The highest BCUT2D eigenvalue weighted by Crippen LogP contribution is 2.10. The summed E-state index contributed by atoms with van der Waals surface area (Å²) in [7, 11) is -3.56. The summed E-state index contributed by atoms with van der Waals surface area (Å²) < 4.78 is 32.6. The quantitative estimate of drug-likeness (QED) is 0.679. The Morgan fingerprint density at radius 1 is 1.19 bits per heavy atom. The van der Waals surface area contributed by atoms with E-state index in [0.717, 1.165) is 44.8 Å². The first-order valence-corrected chi connectivity index (χ1v) is 10.5. The minimum atomic E-state index is -3.56. The molecular weight excluding hydrogens is 354 g/mol. The van der Waals surface area contributed by atoms with E-state index in [0.29, 0.717) is 13.1 Å². The first-order chi connectivity index (χ1) is 12.4. The molecule has 0 aliphatic carbocycles. The fourth-order valence-electron chi connectivity index (χ4n) is 2.82. The van der Waals surface area contributed by atoms with E-state index in [1.165, 1.54) is 6.92 Å². The lowest BCUT2D eigenvalue weighted by atomic mass is 10.2. The van der Waals surface area contributed by atoms with E-state index in [9.17, 15) is 13.2 Å². The number of sulfonamides is 1. The molecular formula is C18H29N3O4S. The Bertz CT molecular complexity index is 670. The second kappa shape index (κ2) is 10.0. The van der Waals surface area contributed by atoms with Crippen molar-refractivity contribution in [1.82, 2.24) is 14.5 Å². The average molecular weight is 384 g/mol. The highest BCUT2D eigenvalue weighted by Gasteiger charge is 2.17. The number of morpholine rings is 1. The summed E-state index contributed by atoms with van der Waals surface area (Å²) in [6.45, 7) is 8.61. The summed E-state index contributed by atoms with van der Waals surface area (Å²) >= 11 is 0. The van der Waals surface area contributed by atoms with Crippen molar-refractivity contribution in [2.45, 2.75) is 25.2 Å². The average Bonchev–Trinajstić information content (AvgIpc) is 2.65. The van der Waals surface area contributed by atoms with Crippen LogP contribution in [0.25, 0.3) is 0 Å². The molecule has 1 saturated heterocycles. The number of amides is 1. The zero-order valence-corrected chi connectivity index (χ0v) is 16.4. The number of carbonyl (C=O) groups is 1. The number of aryl methyl sites for hydroxylation is 1. The Balaban J connectivity index is 1.82. The third-order valence-corrected chi connectivity index (χ3v) is 6.03. The molecule has 1 aromatic carbocycles. The number of benzene rings is 1. The van der Waals surface area contributed by atoms with Crippen molar-refractivity contribution in [3.05, 3.63) is 29.8 Å². The van der Waals surface area contributed by atoms with Gasteiger partial charge in [0.05, 0.1) is 18.1 Å². The van der Waals surface area contributed by atoms with E-state index in [2.05, 4.69) is 9.62 Å². The predicted molar refractivity (Wildman–Crippen MR) is 101 cm³/mol. The Labute approximate surface area is 156 Å². The lowest BCUT2D eigenvalue weighted by molar-refractivity contribution is -0.129. The zero-order valence-electron chi connectivity index (χ0n) is 15.6. The number of carbonyl (C=O) groups excluding carboxylic acids is 1. The standard InChI is InChI=1S/C18H29N3O4S/c1-3-17-4-6-18(7-5-17)26(23,24)19-8-9-21(16(2)22)11-10-20-12-14-25-15-13-20/h4-7,19H,3,8-15H2,1-2H3. The van der Waals surface area contributed by atoms with Crippen molar-refractivity contribution in [1.29, 1.82) is 0 Å². The van der Waals surface area contributed by atoms with Gasteiger partial charge in [0.1, 0.15) is 0 Å². The Morgan fingerprint density at radius 2 is 1.85 bits per heavy atom. The summed E-state index contributed by atoms with van der Waals surface area (Å²) in [4.78, 5) is 16.0. The Hall–Kier alpha value is -1.48. The number of nitrogens with one attached hydrogen (secondary N) is 1. The van der Waals surface area contributed by atoms with Crippen molar-refractivity contribution >= 4 is 15.9 Å². The summed E-state index contributed by atoms with van der Waals surface area (Å²) in [5.74, 6) is -0.0512. The van der Waals surface area contributed by atoms with Gasteiger partial charge in [0, 0.05) is 46.2 Å². The third kappa shape index (κ3) is 6.35. The molecule has 1 heterocycles. The summed E-state index contributed by atoms with van der Waals surface area (Å²) in [6, 6.07) is 6.86. The first-order valence-electron chi connectivity index (χ1n) is 9.06. The van der Waals surface area contributed by atoms with Crippen LogP contribution in [0, 0.1) is 0 Å². The van der Waals surface area contributed by atoms with Gasteiger partial charge >= 0.3 is 0 Å². The maximum absolute atomic E-state index is 12.4. The molecule has 1 fully saturated rings. The molecule has 7 nitrogen and oxygen atoms in total. The second-order valence-electron chi connectivity index (χ2n) is 6.36. The molecule has 0 radical (unpaired) electrons. The SMILES string of the molecule is CCc1ccc(S(=O)(=O)NCCN(CCN2CCOCC2)C(C)=O)cc1. The van der Waals surface area contributed by atoms with Gasteiger partial charge in [-0.1, -0.05) is 19.1 Å². The highest BCUT2D eigenvalue weighted by atomic mass is 32.2. The second-order valence-corrected chi connectivity index (χ2v) is 8.12. The van der Waals surface area contributed by atoms with Crippen LogP contribution in [-0.4, -0.2) is 76.6 Å². The molecule has 26 heavy (non-hydrogen) atoms. The van der Waals surface area contributed by atoms with Crippen LogP contribution in [0.3, 0.4) is 0 Å². The summed E-state index contributed by atoms with van der Waals surface area (Å²) in [6.07, 6.45) is 0.866. The number of nitrogens with zero attached hydrogens (tertiary/aromatic N) is 2. The molecule has 0 atom stereocenters. The zero-order chi connectivity index (χ0) is 19.0. The molecule has 0 bridgehead atoms. The van der Waals surface area contributed by atoms with Crippen LogP contribution >= 0.6 is 0 Å². The van der Waals surface area contributed by atoms with Gasteiger partial charge in [-0.3, -0.25) is 9.69 Å². The van der Waals surface area contributed by atoms with E-state index in [1.807, 2.05) is 19.1 Å². The molecule has 8 heteroatoms. The van der Waals surface area contributed by atoms with Crippen molar-refractivity contribution in [3.63, 3.8) is 0 Å². The van der Waals surface area contributed by atoms with Gasteiger partial charge in [-0.15, -0.1) is 0 Å². The Morgan fingerprint density at radius 3 is 2.42 bits per heavy atom. The van der Waals surface area contributed by atoms with Gasteiger partial charge < -0.3 is 9.64 Å². The van der Waals surface area contributed by atoms with Gasteiger partial charge in [0.25, 0.3) is 0 Å². The van der Waals surface area contributed by atoms with E-state index in [-0.39, 0.29) is 17.3 Å². The lowest BCUT2D eigenvalue weighted by Crippen LogP contribution is -2.44. The van der Waals surface area contributed by atoms with Crippen LogP contribution in [-0.2, 0) is 26.0 Å². The fourth-order valence-corrected chi connectivity index (χ4v) is 3.84. The van der Waals surface area contributed by atoms with Crippen LogP contribution in [0.5, 0.6) is 0 Å². The summed E-state index contributed by atoms with van der Waals surface area (Å²) in [5, 5.41) is 0. The van der Waals surface area contributed by atoms with E-state index >= 15 is 0 Å². The van der Waals surface area contributed by atoms with Crippen LogP contribution < -0.4 is 4.72 Å². The normalized spacial score (nSPS) is 15.8. The van der Waals surface area contributed by atoms with Crippen molar-refractivity contribution in [2.75, 3.05) is 52.5 Å². The molecule has 1 aliphatic heterocycles. The maximum atomic E-state index is 12.4. The maximum Gasteiger partial charge on any atom is 0.240 e. The third-order valence-electron chi connectivity index (χ3n) is 4.55. The van der Waals surface area contributed by atoms with Crippen LogP contribution in [0.4, 0.5) is 0 Å². The molecule has 1 amide bonds. The van der Waals surface area contributed by atoms with Gasteiger partial charge in [0.2, 0.25) is 15.9 Å². The van der Waals surface area contributed by atoms with Gasteiger partial charge in [-0.2, -0.15) is 0 Å². The predicted octanol–water partition coefficient (Wildman–Crippen LogP) is 0.708. The van der Waals surface area contributed by atoms with E-state index < -0.39 is 10.0 Å². The topological polar surface area (TPSA) is 79.0 Å². The molecule has 0 spiro atoms. The molecule has 1 N–H and O–H groups in total. The lowest BCUT2D eigenvalue weighted by Gasteiger charge is -2.29. The highest BCUT2D eigenvalue weighted by molar-refractivity contribution is 7.89. The molecule has 0 aromatic heterocycles. The van der Waals surface area contributed by atoms with Crippen molar-refractivity contribution < 1.29 is 17.9 Å². The van der Waals surface area contributed by atoms with Crippen molar-refractivity contribution in [3.8, 4) is 0 Å². The van der Waals surface area contributed by atoms with Gasteiger partial charge in [-0.05, 0) is 24.1 Å². The number of hydrogen-bond donors (Lipinski definition) is 1. The van der Waals surface area contributed by atoms with Crippen LogP contribution in [0.15, 0.2) is 29.2 Å². The number of rotatable bonds is 9. The molecule has 1 aliphatic rings. The molecule has 0 saturated carbocycles. The van der Waals surface area contributed by atoms with Crippen LogP contribution in [0.1, 0.15) is 19.4 Å².